The second-order valence-corrected chi connectivity index (χ2v) is 3.00. The Kier molecular flexibility index (Phi) is 3.69. The fourth-order valence-corrected chi connectivity index (χ4v) is 0.938. The molecule has 0 heterocycles. The fraction of sp³-hybridized carbons (Fsp3) is 0. The molecule has 0 fully saturated rings. The summed E-state index contributed by atoms with van der Waals surface area (Å²) >= 11 is 1.38. The standard InChI is InChI=1S/C8H6INO3/c9-7(11)13-8(12)10-6-4-2-1-3-5-6/h1-5H,(H,10,12). The monoisotopic (exact) mass is 291 g/mol. The van der Waals surface area contributed by atoms with E-state index in [0.717, 1.165) is 0 Å². The minimum atomic E-state index is -0.773. The molecule has 13 heavy (non-hydrogen) atoms. The number of para-hydroxylation sites is 1. The molecule has 0 aliphatic rings. The maximum atomic E-state index is 10.9. The second kappa shape index (κ2) is 4.80. The summed E-state index contributed by atoms with van der Waals surface area (Å²) in [4.78, 5) is 21.2. The van der Waals surface area contributed by atoms with E-state index in [0.29, 0.717) is 5.69 Å². The van der Waals surface area contributed by atoms with Crippen LogP contribution >= 0.6 is 22.6 Å². The van der Waals surface area contributed by atoms with Crippen LogP contribution in [0.25, 0.3) is 0 Å². The van der Waals surface area contributed by atoms with Gasteiger partial charge in [0.05, 0.1) is 22.6 Å². The van der Waals surface area contributed by atoms with Gasteiger partial charge in [-0.1, -0.05) is 18.2 Å². The molecule has 1 amide bonds. The Balaban J connectivity index is 2.50. The Bertz CT molecular complexity index is 312. The number of hydrogen-bond acceptors (Lipinski definition) is 3. The molecule has 1 N–H and O–H groups in total. The van der Waals surface area contributed by atoms with Crippen molar-refractivity contribution in [1.29, 1.82) is 0 Å². The van der Waals surface area contributed by atoms with Gasteiger partial charge in [0.15, 0.2) is 0 Å². The van der Waals surface area contributed by atoms with Gasteiger partial charge in [0.1, 0.15) is 0 Å². The number of anilines is 1. The Morgan fingerprint density at radius 1 is 1.23 bits per heavy atom. The highest BCUT2D eigenvalue weighted by Gasteiger charge is 2.05. The number of hydrogen-bond donors (Lipinski definition) is 1. The Morgan fingerprint density at radius 2 is 1.85 bits per heavy atom. The molecule has 0 saturated carbocycles. The molecule has 0 saturated heterocycles. The maximum absolute atomic E-state index is 10.9. The van der Waals surface area contributed by atoms with Gasteiger partial charge < -0.3 is 4.74 Å². The predicted molar refractivity (Wildman–Crippen MR) is 56.0 cm³/mol. The zero-order valence-corrected chi connectivity index (χ0v) is 8.65. The van der Waals surface area contributed by atoms with Crippen molar-refractivity contribution in [2.45, 2.75) is 0 Å². The van der Waals surface area contributed by atoms with Crippen molar-refractivity contribution in [2.75, 3.05) is 5.32 Å². The second-order valence-electron chi connectivity index (χ2n) is 2.12. The highest BCUT2D eigenvalue weighted by atomic mass is 127. The predicted octanol–water partition coefficient (Wildman–Crippen LogP) is 2.79. The number of carbonyl (C=O) groups excluding carboxylic acids is 2. The first-order valence-electron chi connectivity index (χ1n) is 3.42. The van der Waals surface area contributed by atoms with E-state index in [9.17, 15) is 9.59 Å². The lowest BCUT2D eigenvalue weighted by atomic mass is 10.3. The van der Waals surface area contributed by atoms with Gasteiger partial charge in [-0.25, -0.2) is 9.59 Å². The lowest BCUT2D eigenvalue weighted by Crippen LogP contribution is -2.14. The van der Waals surface area contributed by atoms with Crippen molar-refractivity contribution in [3.63, 3.8) is 0 Å². The summed E-state index contributed by atoms with van der Waals surface area (Å²) in [7, 11) is 0. The SMILES string of the molecule is O=C(I)OC(=O)Nc1ccccc1. The number of carbonyl (C=O) groups is 2. The van der Waals surface area contributed by atoms with Crippen LogP contribution < -0.4 is 5.32 Å². The van der Waals surface area contributed by atoms with Crippen LogP contribution in [0.15, 0.2) is 30.3 Å². The van der Waals surface area contributed by atoms with Crippen LogP contribution in [-0.2, 0) is 4.74 Å². The number of rotatable bonds is 1. The molecule has 5 heteroatoms. The molecule has 0 spiro atoms. The highest BCUT2D eigenvalue weighted by molar-refractivity contribution is 14.1. The third kappa shape index (κ3) is 3.88. The molecule has 1 aromatic rings. The van der Waals surface area contributed by atoms with Gasteiger partial charge in [0.2, 0.25) is 0 Å². The van der Waals surface area contributed by atoms with Crippen LogP contribution in [0.1, 0.15) is 0 Å². The third-order valence-electron chi connectivity index (χ3n) is 1.19. The van der Waals surface area contributed by atoms with Crippen LogP contribution in [0.3, 0.4) is 0 Å². The Hall–Kier alpha value is -1.11. The van der Waals surface area contributed by atoms with E-state index in [1.807, 2.05) is 6.07 Å². The molecule has 0 aliphatic heterocycles. The van der Waals surface area contributed by atoms with E-state index in [-0.39, 0.29) is 0 Å². The smallest absolute Gasteiger partial charge is 0.368 e. The molecular formula is C8H6INO3. The molecule has 0 unspecified atom stereocenters. The van der Waals surface area contributed by atoms with E-state index in [4.69, 9.17) is 0 Å². The molecule has 1 rings (SSSR count). The minimum absolute atomic E-state index is 0.588. The first-order valence-corrected chi connectivity index (χ1v) is 4.49. The molecular weight excluding hydrogens is 285 g/mol. The number of halogens is 1. The van der Waals surface area contributed by atoms with Crippen molar-refractivity contribution in [2.24, 2.45) is 0 Å². The van der Waals surface area contributed by atoms with E-state index in [1.165, 1.54) is 22.6 Å². The number of benzene rings is 1. The van der Waals surface area contributed by atoms with Crippen molar-refractivity contribution in [3.8, 4) is 0 Å². The summed E-state index contributed by atoms with van der Waals surface area (Å²) in [5.74, 6) is 0. The molecule has 0 aromatic heterocycles. The Morgan fingerprint density at radius 3 is 2.38 bits per heavy atom. The average molecular weight is 291 g/mol. The Labute approximate surface area is 88.4 Å². The van der Waals surface area contributed by atoms with E-state index < -0.39 is 10.1 Å². The van der Waals surface area contributed by atoms with Crippen LogP contribution in [0.2, 0.25) is 0 Å². The molecule has 0 bridgehead atoms. The first-order chi connectivity index (χ1) is 6.18. The zero-order valence-electron chi connectivity index (χ0n) is 6.49. The third-order valence-corrected chi connectivity index (χ3v) is 1.41. The first kappa shape index (κ1) is 9.97. The van der Waals surface area contributed by atoms with Gasteiger partial charge in [-0.3, -0.25) is 5.32 Å². The van der Waals surface area contributed by atoms with Crippen molar-refractivity contribution in [1.82, 2.24) is 0 Å². The van der Waals surface area contributed by atoms with Gasteiger partial charge in [0.25, 0.3) is 0 Å². The van der Waals surface area contributed by atoms with E-state index in [2.05, 4.69) is 10.1 Å². The van der Waals surface area contributed by atoms with Crippen LogP contribution in [0.5, 0.6) is 0 Å². The lowest BCUT2D eigenvalue weighted by molar-refractivity contribution is 0.180. The zero-order chi connectivity index (χ0) is 9.68. The summed E-state index contributed by atoms with van der Waals surface area (Å²) in [5, 5.41) is 2.39. The summed E-state index contributed by atoms with van der Waals surface area (Å²) in [6.07, 6.45) is -0.773. The lowest BCUT2D eigenvalue weighted by Gasteiger charge is -2.01. The molecule has 68 valence electrons. The van der Waals surface area contributed by atoms with E-state index >= 15 is 0 Å². The van der Waals surface area contributed by atoms with Crippen LogP contribution in [0, 0.1) is 0 Å². The quantitative estimate of drug-likeness (QED) is 0.492. The highest BCUT2D eigenvalue weighted by Crippen LogP contribution is 2.05. The molecule has 0 aliphatic carbocycles. The fourth-order valence-electron chi connectivity index (χ4n) is 0.738. The molecule has 0 radical (unpaired) electrons. The van der Waals surface area contributed by atoms with Crippen LogP contribution in [0.4, 0.5) is 15.3 Å². The van der Waals surface area contributed by atoms with Crippen molar-refractivity contribution < 1.29 is 14.3 Å². The van der Waals surface area contributed by atoms with Gasteiger partial charge in [-0.2, -0.15) is 0 Å². The molecule has 4 nitrogen and oxygen atoms in total. The summed E-state index contributed by atoms with van der Waals surface area (Å²) < 4.78 is 3.59. The van der Waals surface area contributed by atoms with Crippen LogP contribution in [-0.4, -0.2) is 10.1 Å². The van der Waals surface area contributed by atoms with E-state index in [1.54, 1.807) is 24.3 Å². The summed E-state index contributed by atoms with van der Waals surface area (Å²) in [5.41, 5.74) is 0.588. The van der Waals surface area contributed by atoms with Crippen molar-refractivity contribution in [3.05, 3.63) is 30.3 Å². The van der Waals surface area contributed by atoms with Gasteiger partial charge in [-0.05, 0) is 12.1 Å². The molecule has 0 atom stereocenters. The number of amides is 1. The van der Waals surface area contributed by atoms with Gasteiger partial charge >= 0.3 is 10.1 Å². The van der Waals surface area contributed by atoms with Crippen molar-refractivity contribution >= 4 is 38.3 Å². The summed E-state index contributed by atoms with van der Waals surface area (Å²) in [6.45, 7) is 0. The normalized spacial score (nSPS) is 9.00. The minimum Gasteiger partial charge on any atom is -0.368 e. The van der Waals surface area contributed by atoms with Gasteiger partial charge in [-0.15, -0.1) is 0 Å². The van der Waals surface area contributed by atoms with Gasteiger partial charge in [0, 0.05) is 5.69 Å². The molecule has 1 aromatic carbocycles. The summed E-state index contributed by atoms with van der Waals surface area (Å²) in [6, 6.07) is 8.74. The maximum Gasteiger partial charge on any atom is 0.419 e. The number of ether oxygens (including phenoxy) is 1. The topological polar surface area (TPSA) is 55.4 Å². The number of nitrogens with one attached hydrogen (secondary N) is 1. The largest absolute Gasteiger partial charge is 0.419 e. The average Bonchev–Trinajstić information content (AvgIpc) is 2.04.